The lowest BCUT2D eigenvalue weighted by molar-refractivity contribution is 0.102. The van der Waals surface area contributed by atoms with Crippen molar-refractivity contribution in [3.63, 3.8) is 0 Å². The van der Waals surface area contributed by atoms with Gasteiger partial charge in [0.25, 0.3) is 5.91 Å². The van der Waals surface area contributed by atoms with Crippen molar-refractivity contribution in [3.8, 4) is 0 Å². The quantitative estimate of drug-likeness (QED) is 0.523. The van der Waals surface area contributed by atoms with E-state index in [1.165, 1.54) is 6.20 Å². The molecule has 0 saturated carbocycles. The van der Waals surface area contributed by atoms with Gasteiger partial charge in [0.15, 0.2) is 5.82 Å². The summed E-state index contributed by atoms with van der Waals surface area (Å²) < 4.78 is 0. The highest BCUT2D eigenvalue weighted by Gasteiger charge is 2.20. The van der Waals surface area contributed by atoms with Crippen LogP contribution in [0.4, 0.5) is 11.5 Å². The molecule has 0 bridgehead atoms. The van der Waals surface area contributed by atoms with E-state index in [9.17, 15) is 4.79 Å². The zero-order chi connectivity index (χ0) is 22.3. The molecule has 0 radical (unpaired) electrons. The topological polar surface area (TPSA) is 61.4 Å². The van der Waals surface area contributed by atoms with Gasteiger partial charge >= 0.3 is 0 Å². The minimum atomic E-state index is -0.241. The van der Waals surface area contributed by atoms with Crippen LogP contribution >= 0.6 is 23.2 Å². The number of carbonyl (C=O) groups is 1. The molecular weight excluding hydrogens is 445 g/mol. The van der Waals surface area contributed by atoms with E-state index in [1.807, 2.05) is 36.4 Å². The highest BCUT2D eigenvalue weighted by atomic mass is 35.5. The number of aromatic nitrogens is 2. The van der Waals surface area contributed by atoms with Crippen molar-refractivity contribution in [2.24, 2.45) is 0 Å². The van der Waals surface area contributed by atoms with Crippen molar-refractivity contribution >= 4 is 46.7 Å². The van der Waals surface area contributed by atoms with E-state index in [2.05, 4.69) is 37.2 Å². The molecule has 1 aliphatic heterocycles. The fourth-order valence-electron chi connectivity index (χ4n) is 3.54. The van der Waals surface area contributed by atoms with Crippen molar-refractivity contribution in [3.05, 3.63) is 88.3 Å². The van der Waals surface area contributed by atoms with Gasteiger partial charge in [-0.15, -0.1) is 0 Å². The third-order valence-corrected chi connectivity index (χ3v) is 5.70. The Balaban J connectivity index is 1.34. The van der Waals surface area contributed by atoms with Gasteiger partial charge in [-0.05, 0) is 42.0 Å². The van der Waals surface area contributed by atoms with Gasteiger partial charge in [-0.25, -0.2) is 9.97 Å². The Morgan fingerprint density at radius 1 is 1.00 bits per heavy atom. The Morgan fingerprint density at radius 2 is 1.78 bits per heavy atom. The van der Waals surface area contributed by atoms with Crippen LogP contribution < -0.4 is 10.2 Å². The Labute approximate surface area is 197 Å². The zero-order valence-electron chi connectivity index (χ0n) is 17.4. The Bertz CT molecular complexity index is 1100. The molecule has 0 aliphatic carbocycles. The molecule has 0 atom stereocenters. The van der Waals surface area contributed by atoms with Gasteiger partial charge in [0, 0.05) is 55.7 Å². The van der Waals surface area contributed by atoms with E-state index < -0.39 is 0 Å². The second-order valence-electron chi connectivity index (χ2n) is 7.44. The number of benzene rings is 1. The molecule has 1 amide bonds. The smallest absolute Gasteiger partial charge is 0.255 e. The van der Waals surface area contributed by atoms with E-state index in [0.717, 1.165) is 49.1 Å². The molecule has 2 aromatic heterocycles. The second kappa shape index (κ2) is 10.6. The van der Waals surface area contributed by atoms with E-state index in [-0.39, 0.29) is 11.1 Å². The number of hydrogen-bond acceptors (Lipinski definition) is 5. The predicted octanol–water partition coefficient (Wildman–Crippen LogP) is 4.87. The number of pyridine rings is 2. The van der Waals surface area contributed by atoms with Crippen molar-refractivity contribution in [1.29, 1.82) is 0 Å². The van der Waals surface area contributed by atoms with Crippen molar-refractivity contribution in [1.82, 2.24) is 14.9 Å². The molecule has 3 heterocycles. The van der Waals surface area contributed by atoms with Crippen molar-refractivity contribution in [2.75, 3.05) is 42.9 Å². The molecule has 32 heavy (non-hydrogen) atoms. The number of nitrogens with one attached hydrogen (secondary N) is 1. The predicted molar refractivity (Wildman–Crippen MR) is 131 cm³/mol. The lowest BCUT2D eigenvalue weighted by atomic mass is 10.2. The maximum atomic E-state index is 12.6. The summed E-state index contributed by atoms with van der Waals surface area (Å²) >= 11 is 11.8. The van der Waals surface area contributed by atoms with Crippen LogP contribution in [0.5, 0.6) is 0 Å². The molecular formula is C24H23Cl2N5O. The zero-order valence-corrected chi connectivity index (χ0v) is 18.9. The molecule has 1 N–H and O–H groups in total. The first kappa shape index (κ1) is 22.3. The van der Waals surface area contributed by atoms with Crippen LogP contribution in [0.2, 0.25) is 10.2 Å². The van der Waals surface area contributed by atoms with Crippen molar-refractivity contribution in [2.45, 2.75) is 0 Å². The van der Waals surface area contributed by atoms with Gasteiger partial charge in [0.05, 0.1) is 5.69 Å². The number of rotatable bonds is 6. The van der Waals surface area contributed by atoms with Gasteiger partial charge in [0.1, 0.15) is 5.15 Å². The summed E-state index contributed by atoms with van der Waals surface area (Å²) in [5, 5.41) is 3.98. The standard InChI is InChI=1S/C24H23Cl2N5O/c25-20-7-5-18(6-8-20)3-2-12-30-13-15-31(16-14-30)23-21(4-1-10-28-23)29-24(32)19-9-11-27-22(26)17-19/h1-11,17H,12-16H2,(H,29,32). The molecule has 0 spiro atoms. The first-order valence-electron chi connectivity index (χ1n) is 10.4. The van der Waals surface area contributed by atoms with Crippen molar-refractivity contribution < 1.29 is 4.79 Å². The maximum Gasteiger partial charge on any atom is 0.255 e. The number of nitrogens with zero attached hydrogens (tertiary/aromatic N) is 4. The average molecular weight is 468 g/mol. The van der Waals surface area contributed by atoms with Gasteiger partial charge in [-0.1, -0.05) is 47.5 Å². The van der Waals surface area contributed by atoms with E-state index >= 15 is 0 Å². The van der Waals surface area contributed by atoms with Gasteiger partial charge in [-0.3, -0.25) is 9.69 Å². The fraction of sp³-hybridized carbons (Fsp3) is 0.208. The normalized spacial score (nSPS) is 14.6. The number of amides is 1. The van der Waals surface area contributed by atoms with Gasteiger partial charge < -0.3 is 10.2 Å². The summed E-state index contributed by atoms with van der Waals surface area (Å²) in [4.78, 5) is 25.7. The Morgan fingerprint density at radius 3 is 2.53 bits per heavy atom. The minimum absolute atomic E-state index is 0.241. The third kappa shape index (κ3) is 5.85. The molecule has 0 unspecified atom stereocenters. The fourth-order valence-corrected chi connectivity index (χ4v) is 3.84. The first-order valence-corrected chi connectivity index (χ1v) is 11.1. The highest BCUT2D eigenvalue weighted by Crippen LogP contribution is 2.25. The SMILES string of the molecule is O=C(Nc1cccnc1N1CCN(CC=Cc2ccc(Cl)cc2)CC1)c1ccnc(Cl)c1. The summed E-state index contributed by atoms with van der Waals surface area (Å²) in [6.07, 6.45) is 7.54. The number of halogens is 2. The molecule has 1 aliphatic rings. The van der Waals surface area contributed by atoms with E-state index in [4.69, 9.17) is 23.2 Å². The van der Waals surface area contributed by atoms with Crippen LogP contribution in [-0.2, 0) is 0 Å². The summed E-state index contributed by atoms with van der Waals surface area (Å²) in [5.74, 6) is 0.534. The lowest BCUT2D eigenvalue weighted by Gasteiger charge is -2.35. The molecule has 6 nitrogen and oxygen atoms in total. The maximum absolute atomic E-state index is 12.6. The number of anilines is 2. The van der Waals surface area contributed by atoms with Crippen LogP contribution in [0.1, 0.15) is 15.9 Å². The van der Waals surface area contributed by atoms with E-state index in [1.54, 1.807) is 18.3 Å². The first-order chi connectivity index (χ1) is 15.6. The van der Waals surface area contributed by atoms with E-state index in [0.29, 0.717) is 11.3 Å². The third-order valence-electron chi connectivity index (χ3n) is 5.24. The molecule has 3 aromatic rings. The molecule has 4 rings (SSSR count). The van der Waals surface area contributed by atoms with Crippen LogP contribution in [0, 0.1) is 0 Å². The second-order valence-corrected chi connectivity index (χ2v) is 8.26. The summed E-state index contributed by atoms with van der Waals surface area (Å²) in [5.41, 5.74) is 2.27. The molecule has 1 fully saturated rings. The summed E-state index contributed by atoms with van der Waals surface area (Å²) in [6, 6.07) is 14.7. The molecule has 1 aromatic carbocycles. The van der Waals surface area contributed by atoms with Gasteiger partial charge in [0.2, 0.25) is 0 Å². The van der Waals surface area contributed by atoms with Crippen LogP contribution in [0.15, 0.2) is 67.0 Å². The average Bonchev–Trinajstić information content (AvgIpc) is 2.81. The molecule has 1 saturated heterocycles. The highest BCUT2D eigenvalue weighted by molar-refractivity contribution is 6.30. The van der Waals surface area contributed by atoms with Crippen LogP contribution in [0.3, 0.4) is 0 Å². The summed E-state index contributed by atoms with van der Waals surface area (Å²) in [6.45, 7) is 4.36. The van der Waals surface area contributed by atoms with Crippen LogP contribution in [0.25, 0.3) is 6.08 Å². The lowest BCUT2D eigenvalue weighted by Crippen LogP contribution is -2.46. The monoisotopic (exact) mass is 467 g/mol. The minimum Gasteiger partial charge on any atom is -0.352 e. The Kier molecular flexibility index (Phi) is 7.37. The number of carbonyl (C=O) groups excluding carboxylic acids is 1. The Hall–Kier alpha value is -2.93. The molecule has 164 valence electrons. The largest absolute Gasteiger partial charge is 0.352 e. The number of hydrogen-bond donors (Lipinski definition) is 1. The van der Waals surface area contributed by atoms with Gasteiger partial charge in [-0.2, -0.15) is 0 Å². The molecule has 8 heteroatoms. The summed E-state index contributed by atoms with van der Waals surface area (Å²) in [7, 11) is 0. The van der Waals surface area contributed by atoms with Crippen LogP contribution in [-0.4, -0.2) is 53.5 Å². The number of piperazine rings is 1.